The number of nitrogens with one attached hydrogen (secondary N) is 1. The molecule has 1 aliphatic rings. The van der Waals surface area contributed by atoms with Crippen molar-refractivity contribution in [2.45, 2.75) is 13.3 Å². The van der Waals surface area contributed by atoms with Gasteiger partial charge in [-0.05, 0) is 37.6 Å². The van der Waals surface area contributed by atoms with Crippen LogP contribution in [0, 0.1) is 5.92 Å². The normalized spacial score (nSPS) is 20.5. The fourth-order valence-corrected chi connectivity index (χ4v) is 2.22. The van der Waals surface area contributed by atoms with Gasteiger partial charge in [0.1, 0.15) is 11.6 Å². The van der Waals surface area contributed by atoms with E-state index in [0.717, 1.165) is 30.6 Å². The zero-order chi connectivity index (χ0) is 12.1. The van der Waals surface area contributed by atoms with Crippen LogP contribution in [0.2, 0.25) is 0 Å². The van der Waals surface area contributed by atoms with E-state index in [-0.39, 0.29) is 0 Å². The van der Waals surface area contributed by atoms with E-state index in [4.69, 9.17) is 4.74 Å². The molecule has 2 heterocycles. The first kappa shape index (κ1) is 12.2. The first-order valence-corrected chi connectivity index (χ1v) is 6.28. The molecule has 1 N–H and O–H groups in total. The molecule has 4 heteroatoms. The summed E-state index contributed by atoms with van der Waals surface area (Å²) in [5.74, 6) is 2.48. The number of hydrogen-bond acceptors (Lipinski definition) is 4. The van der Waals surface area contributed by atoms with Crippen molar-refractivity contribution in [3.8, 4) is 5.75 Å². The zero-order valence-electron chi connectivity index (χ0n) is 10.6. The molecule has 1 aromatic heterocycles. The van der Waals surface area contributed by atoms with Crippen LogP contribution in [0.5, 0.6) is 5.75 Å². The lowest BCUT2D eigenvalue weighted by molar-refractivity contribution is 0.345. The van der Waals surface area contributed by atoms with Gasteiger partial charge in [0.25, 0.3) is 0 Å². The summed E-state index contributed by atoms with van der Waals surface area (Å²) in [6.45, 7) is 6.84. The van der Waals surface area contributed by atoms with Crippen LogP contribution in [0.15, 0.2) is 18.3 Å². The van der Waals surface area contributed by atoms with Gasteiger partial charge in [-0.3, -0.25) is 0 Å². The van der Waals surface area contributed by atoms with Gasteiger partial charge in [-0.1, -0.05) is 6.92 Å². The number of ether oxygens (including phenoxy) is 1. The molecule has 2 rings (SSSR count). The lowest BCUT2D eigenvalue weighted by Gasteiger charge is -2.14. The highest BCUT2D eigenvalue weighted by atomic mass is 16.5. The van der Waals surface area contributed by atoms with Crippen molar-refractivity contribution in [1.82, 2.24) is 9.88 Å². The highest BCUT2D eigenvalue weighted by molar-refractivity contribution is 5.37. The van der Waals surface area contributed by atoms with Crippen LogP contribution in [0.4, 0.5) is 5.82 Å². The quantitative estimate of drug-likeness (QED) is 0.845. The van der Waals surface area contributed by atoms with E-state index in [1.165, 1.54) is 19.5 Å². The minimum atomic E-state index is 0.749. The Balaban J connectivity index is 1.78. The van der Waals surface area contributed by atoms with Gasteiger partial charge < -0.3 is 15.0 Å². The molecule has 0 bridgehead atoms. The second kappa shape index (κ2) is 5.87. The Hall–Kier alpha value is -1.29. The average Bonchev–Trinajstić information content (AvgIpc) is 2.85. The molecule has 0 saturated carbocycles. The van der Waals surface area contributed by atoms with Crippen LogP contribution in [0.1, 0.15) is 13.3 Å². The SMILES string of the molecule is CCN1CCC(CNc2ccc(OC)cn2)C1. The monoisotopic (exact) mass is 235 g/mol. The fraction of sp³-hybridized carbons (Fsp3) is 0.615. The Kier molecular flexibility index (Phi) is 4.20. The van der Waals surface area contributed by atoms with Crippen molar-refractivity contribution in [3.63, 3.8) is 0 Å². The summed E-state index contributed by atoms with van der Waals surface area (Å²) in [5, 5.41) is 3.39. The Labute approximate surface area is 103 Å². The number of anilines is 1. The Morgan fingerprint density at radius 3 is 3.00 bits per heavy atom. The summed E-state index contributed by atoms with van der Waals surface area (Å²) in [5.41, 5.74) is 0. The van der Waals surface area contributed by atoms with Gasteiger partial charge >= 0.3 is 0 Å². The van der Waals surface area contributed by atoms with E-state index in [0.29, 0.717) is 0 Å². The minimum absolute atomic E-state index is 0.749. The van der Waals surface area contributed by atoms with Gasteiger partial charge in [-0.15, -0.1) is 0 Å². The van der Waals surface area contributed by atoms with E-state index in [1.807, 2.05) is 12.1 Å². The molecule has 1 atom stereocenters. The van der Waals surface area contributed by atoms with E-state index in [2.05, 4.69) is 22.1 Å². The minimum Gasteiger partial charge on any atom is -0.495 e. The van der Waals surface area contributed by atoms with Gasteiger partial charge in [-0.25, -0.2) is 4.98 Å². The molecule has 0 aliphatic carbocycles. The number of pyridine rings is 1. The molecule has 1 aliphatic heterocycles. The Morgan fingerprint density at radius 2 is 2.41 bits per heavy atom. The van der Waals surface area contributed by atoms with Crippen molar-refractivity contribution in [3.05, 3.63) is 18.3 Å². The highest BCUT2D eigenvalue weighted by Gasteiger charge is 2.20. The topological polar surface area (TPSA) is 37.4 Å². The van der Waals surface area contributed by atoms with Crippen molar-refractivity contribution in [2.24, 2.45) is 5.92 Å². The summed E-state index contributed by atoms with van der Waals surface area (Å²) >= 11 is 0. The highest BCUT2D eigenvalue weighted by Crippen LogP contribution is 2.17. The van der Waals surface area contributed by atoms with E-state index < -0.39 is 0 Å². The second-order valence-electron chi connectivity index (χ2n) is 4.51. The number of rotatable bonds is 5. The molecule has 0 aromatic carbocycles. The number of hydrogen-bond donors (Lipinski definition) is 1. The average molecular weight is 235 g/mol. The maximum Gasteiger partial charge on any atom is 0.137 e. The first-order valence-electron chi connectivity index (χ1n) is 6.28. The third-order valence-electron chi connectivity index (χ3n) is 3.36. The summed E-state index contributed by atoms with van der Waals surface area (Å²) in [6, 6.07) is 3.90. The predicted molar refractivity (Wildman–Crippen MR) is 69.5 cm³/mol. The molecule has 0 spiro atoms. The molecule has 17 heavy (non-hydrogen) atoms. The number of likely N-dealkylation sites (tertiary alicyclic amines) is 1. The number of methoxy groups -OCH3 is 1. The molecular formula is C13H21N3O. The molecule has 1 fully saturated rings. The Bertz CT molecular complexity index is 339. The van der Waals surface area contributed by atoms with E-state index in [1.54, 1.807) is 13.3 Å². The van der Waals surface area contributed by atoms with Crippen molar-refractivity contribution >= 4 is 5.82 Å². The van der Waals surface area contributed by atoms with E-state index in [9.17, 15) is 0 Å². The zero-order valence-corrected chi connectivity index (χ0v) is 10.6. The van der Waals surface area contributed by atoms with Crippen molar-refractivity contribution in [1.29, 1.82) is 0 Å². The van der Waals surface area contributed by atoms with Crippen LogP contribution in [0.25, 0.3) is 0 Å². The second-order valence-corrected chi connectivity index (χ2v) is 4.51. The van der Waals surface area contributed by atoms with Gasteiger partial charge in [-0.2, -0.15) is 0 Å². The molecule has 94 valence electrons. The molecule has 4 nitrogen and oxygen atoms in total. The largest absolute Gasteiger partial charge is 0.495 e. The molecule has 1 aromatic rings. The van der Waals surface area contributed by atoms with Gasteiger partial charge in [0.2, 0.25) is 0 Å². The smallest absolute Gasteiger partial charge is 0.137 e. The molecule has 1 saturated heterocycles. The molecular weight excluding hydrogens is 214 g/mol. The number of aromatic nitrogens is 1. The fourth-order valence-electron chi connectivity index (χ4n) is 2.22. The van der Waals surface area contributed by atoms with Crippen LogP contribution in [0.3, 0.4) is 0 Å². The van der Waals surface area contributed by atoms with Crippen LogP contribution in [-0.4, -0.2) is 43.2 Å². The van der Waals surface area contributed by atoms with Crippen molar-refractivity contribution < 1.29 is 4.74 Å². The standard InChI is InChI=1S/C13H21N3O/c1-3-16-7-6-11(10-16)8-14-13-5-4-12(17-2)9-15-13/h4-5,9,11H,3,6-8,10H2,1-2H3,(H,14,15). The van der Waals surface area contributed by atoms with Crippen LogP contribution >= 0.6 is 0 Å². The summed E-state index contributed by atoms with van der Waals surface area (Å²) in [7, 11) is 1.65. The third-order valence-corrected chi connectivity index (χ3v) is 3.36. The summed E-state index contributed by atoms with van der Waals surface area (Å²) < 4.78 is 5.08. The number of nitrogens with zero attached hydrogens (tertiary/aromatic N) is 2. The lowest BCUT2D eigenvalue weighted by atomic mass is 10.1. The van der Waals surface area contributed by atoms with Crippen LogP contribution < -0.4 is 10.1 Å². The maximum atomic E-state index is 5.08. The molecule has 0 radical (unpaired) electrons. The predicted octanol–water partition coefficient (Wildman–Crippen LogP) is 1.84. The summed E-state index contributed by atoms with van der Waals surface area (Å²) in [4.78, 5) is 6.79. The lowest BCUT2D eigenvalue weighted by Crippen LogP contribution is -2.22. The Morgan fingerprint density at radius 1 is 1.53 bits per heavy atom. The van der Waals surface area contributed by atoms with E-state index >= 15 is 0 Å². The van der Waals surface area contributed by atoms with Crippen LogP contribution in [-0.2, 0) is 0 Å². The van der Waals surface area contributed by atoms with Gasteiger partial charge in [0, 0.05) is 13.1 Å². The van der Waals surface area contributed by atoms with Gasteiger partial charge in [0.05, 0.1) is 13.3 Å². The molecule has 1 unspecified atom stereocenters. The third kappa shape index (κ3) is 3.33. The first-order chi connectivity index (χ1) is 8.31. The molecule has 0 amide bonds. The van der Waals surface area contributed by atoms with Crippen molar-refractivity contribution in [2.75, 3.05) is 38.6 Å². The maximum absolute atomic E-state index is 5.08. The summed E-state index contributed by atoms with van der Waals surface area (Å²) in [6.07, 6.45) is 3.03. The van der Waals surface area contributed by atoms with Gasteiger partial charge in [0.15, 0.2) is 0 Å².